The van der Waals surface area contributed by atoms with Gasteiger partial charge in [-0.2, -0.15) is 0 Å². The first kappa shape index (κ1) is 41.8. The van der Waals surface area contributed by atoms with Crippen LogP contribution in [-0.2, 0) is 25.7 Å². The molecule has 6 atom stereocenters. The number of aromatic amines is 2. The van der Waals surface area contributed by atoms with Crippen LogP contribution in [0.5, 0.6) is 5.75 Å². The predicted molar refractivity (Wildman–Crippen MR) is 242 cm³/mol. The largest absolute Gasteiger partial charge is 0.488 e. The standard InChI is InChI=1S/C50H52N8O7/c1-27(2)42(55-49(61)63-3)47(59)57-20-8-11-40(57)45-51-25-39(54-45)31-14-18-36-35-17-13-29(21-33(35)26-65-41(36)24-31)30-15-19-37-38(23-30)53-46(52-37)44-32-12-16-34(22-32)58(44)48(60)43(56-50(62)64-4)28-9-6-5-7-10-28/h5-7,9-10,13-15,17-19,21,23-25,27,32,34,40,42-44H,8,11-12,16,20,22,26H2,1-4H3,(H,51,54)(H,52,53)(H,55,61)(H,56,62)/t32?,34?,40-,42?,43?,44?/m0/s1. The van der Waals surface area contributed by atoms with E-state index in [1.54, 1.807) is 6.20 Å². The lowest BCUT2D eigenvalue weighted by Gasteiger charge is -2.36. The number of piperidine rings is 1. The Morgan fingerprint density at radius 3 is 2.35 bits per heavy atom. The van der Waals surface area contributed by atoms with Crippen molar-refractivity contribution in [3.05, 3.63) is 114 Å². The van der Waals surface area contributed by atoms with Crippen molar-refractivity contribution in [1.29, 1.82) is 0 Å². The minimum Gasteiger partial charge on any atom is -0.488 e. The lowest BCUT2D eigenvalue weighted by molar-refractivity contribution is -0.138. The van der Waals surface area contributed by atoms with E-state index in [1.807, 2.05) is 66.1 Å². The second-order valence-electron chi connectivity index (χ2n) is 17.9. The summed E-state index contributed by atoms with van der Waals surface area (Å²) in [6.07, 6.45) is 4.93. The van der Waals surface area contributed by atoms with E-state index < -0.39 is 24.3 Å². The highest BCUT2D eigenvalue weighted by molar-refractivity contribution is 5.89. The summed E-state index contributed by atoms with van der Waals surface area (Å²) in [5, 5.41) is 5.49. The quantitative estimate of drug-likeness (QED) is 0.105. The number of hydrogen-bond acceptors (Lipinski definition) is 9. The van der Waals surface area contributed by atoms with Crippen molar-refractivity contribution in [2.24, 2.45) is 11.8 Å². The van der Waals surface area contributed by atoms with Gasteiger partial charge in [-0.1, -0.05) is 68.4 Å². The van der Waals surface area contributed by atoms with E-state index in [-0.39, 0.29) is 41.8 Å². The van der Waals surface area contributed by atoms with Crippen molar-refractivity contribution in [2.75, 3.05) is 20.8 Å². The van der Waals surface area contributed by atoms with E-state index in [1.165, 1.54) is 14.2 Å². The number of H-pyrrole nitrogens is 2. The van der Waals surface area contributed by atoms with Gasteiger partial charge in [0.1, 0.15) is 36.1 Å². The molecule has 1 aliphatic carbocycles. The maximum absolute atomic E-state index is 14.4. The summed E-state index contributed by atoms with van der Waals surface area (Å²) >= 11 is 0. The minimum absolute atomic E-state index is 0.0641. The Labute approximate surface area is 376 Å². The highest BCUT2D eigenvalue weighted by atomic mass is 16.5. The lowest BCUT2D eigenvalue weighted by Crippen LogP contribution is -2.51. The van der Waals surface area contributed by atoms with Gasteiger partial charge in [0.05, 0.1) is 49.2 Å². The molecule has 6 aromatic rings. The smallest absolute Gasteiger partial charge is 0.407 e. The first-order valence-electron chi connectivity index (χ1n) is 22.4. The van der Waals surface area contributed by atoms with Crippen molar-refractivity contribution in [2.45, 2.75) is 82.8 Å². The molecule has 4 N–H and O–H groups in total. The topological polar surface area (TPSA) is 184 Å². The van der Waals surface area contributed by atoms with Crippen LogP contribution in [0.2, 0.25) is 0 Å². The maximum atomic E-state index is 14.4. The van der Waals surface area contributed by atoms with Crippen LogP contribution in [0.1, 0.15) is 86.9 Å². The third-order valence-electron chi connectivity index (χ3n) is 13.7. The molecular weight excluding hydrogens is 825 g/mol. The van der Waals surface area contributed by atoms with Gasteiger partial charge in [-0.05, 0) is 102 Å². The van der Waals surface area contributed by atoms with Crippen molar-refractivity contribution in [3.8, 4) is 39.3 Å². The minimum atomic E-state index is -0.885. The van der Waals surface area contributed by atoms with Gasteiger partial charge in [0, 0.05) is 23.7 Å². The second-order valence-corrected chi connectivity index (χ2v) is 17.9. The molecule has 0 spiro atoms. The zero-order valence-corrected chi connectivity index (χ0v) is 36.8. The SMILES string of the molecule is COC(=O)NC(C(=O)N1C2CCC(C2)C1c1nc2ccc(-c3ccc4c(c3)COc3cc(-c5cnc([C@@H]6CCCN6C(=O)C(NC(=O)OC)C(C)C)[nH]5)ccc3-4)cc2[nH]1)c1ccccc1. The number of rotatable bonds is 10. The van der Waals surface area contributed by atoms with Gasteiger partial charge in [-0.15, -0.1) is 0 Å². The Hall–Kier alpha value is -7.16. The fourth-order valence-electron chi connectivity index (χ4n) is 10.5. The molecular formula is C50H52N8O7. The Balaban J connectivity index is 0.864. The number of imidazole rings is 2. The van der Waals surface area contributed by atoms with Crippen LogP contribution >= 0.6 is 0 Å². The Morgan fingerprint density at radius 2 is 1.55 bits per heavy atom. The number of aromatic nitrogens is 4. The molecule has 2 bridgehead atoms. The second kappa shape index (κ2) is 17.1. The first-order chi connectivity index (χ1) is 31.6. The summed E-state index contributed by atoms with van der Waals surface area (Å²) in [5.41, 5.74) is 9.41. The average molecular weight is 877 g/mol. The average Bonchev–Trinajstić information content (AvgIpc) is 4.20. The molecule has 0 radical (unpaired) electrons. The van der Waals surface area contributed by atoms with E-state index >= 15 is 0 Å². The molecule has 2 aromatic heterocycles. The number of alkyl carbamates (subject to hydrolysis) is 2. The summed E-state index contributed by atoms with van der Waals surface area (Å²) in [4.78, 5) is 73.2. The number of amides is 4. The third-order valence-corrected chi connectivity index (χ3v) is 13.7. The number of ether oxygens (including phenoxy) is 3. The molecule has 5 unspecified atom stereocenters. The lowest BCUT2D eigenvalue weighted by atomic mass is 9.92. The summed E-state index contributed by atoms with van der Waals surface area (Å²) in [6.45, 7) is 4.79. The number of nitrogens with zero attached hydrogens (tertiary/aromatic N) is 4. The third kappa shape index (κ3) is 7.72. The molecule has 3 aliphatic heterocycles. The van der Waals surface area contributed by atoms with Crippen LogP contribution in [0.3, 0.4) is 0 Å². The molecule has 334 valence electrons. The van der Waals surface area contributed by atoms with Crippen LogP contribution < -0.4 is 15.4 Å². The Morgan fingerprint density at radius 1 is 0.800 bits per heavy atom. The highest BCUT2D eigenvalue weighted by Gasteiger charge is 2.51. The van der Waals surface area contributed by atoms with Crippen LogP contribution in [0.25, 0.3) is 44.5 Å². The van der Waals surface area contributed by atoms with E-state index in [0.717, 1.165) is 93.8 Å². The first-order valence-corrected chi connectivity index (χ1v) is 22.4. The zero-order valence-electron chi connectivity index (χ0n) is 36.8. The summed E-state index contributed by atoms with van der Waals surface area (Å²) < 4.78 is 16.1. The number of likely N-dealkylation sites (tertiary alicyclic amines) is 2. The molecule has 4 amide bonds. The number of carbonyl (C=O) groups is 4. The van der Waals surface area contributed by atoms with Gasteiger partial charge in [0.25, 0.3) is 5.91 Å². The van der Waals surface area contributed by atoms with Gasteiger partial charge in [-0.3, -0.25) is 9.59 Å². The summed E-state index contributed by atoms with van der Waals surface area (Å²) in [5.74, 6) is 2.06. The Kier molecular flexibility index (Phi) is 11.0. The molecule has 4 aliphatic rings. The van der Waals surface area contributed by atoms with Crippen molar-refractivity contribution < 1.29 is 33.4 Å². The molecule has 65 heavy (non-hydrogen) atoms. The molecule has 15 heteroatoms. The summed E-state index contributed by atoms with van der Waals surface area (Å²) in [7, 11) is 2.59. The number of hydrogen-bond donors (Lipinski definition) is 4. The zero-order chi connectivity index (χ0) is 44.9. The molecule has 5 heterocycles. The van der Waals surface area contributed by atoms with Gasteiger partial charge < -0.3 is 44.6 Å². The Bertz CT molecular complexity index is 2800. The van der Waals surface area contributed by atoms with Crippen molar-refractivity contribution in [1.82, 2.24) is 40.4 Å². The highest BCUT2D eigenvalue weighted by Crippen LogP contribution is 2.51. The van der Waals surface area contributed by atoms with E-state index in [2.05, 4.69) is 63.1 Å². The van der Waals surface area contributed by atoms with Gasteiger partial charge in [0.15, 0.2) is 0 Å². The van der Waals surface area contributed by atoms with Crippen LogP contribution in [0, 0.1) is 11.8 Å². The van der Waals surface area contributed by atoms with Gasteiger partial charge in [0.2, 0.25) is 5.91 Å². The van der Waals surface area contributed by atoms with E-state index in [4.69, 9.17) is 24.2 Å². The fourth-order valence-corrected chi connectivity index (χ4v) is 10.5. The molecule has 2 saturated heterocycles. The normalized spacial score (nSPS) is 20.5. The number of nitrogens with one attached hydrogen (secondary N) is 4. The van der Waals surface area contributed by atoms with Crippen LogP contribution in [0.15, 0.2) is 91.1 Å². The molecule has 3 fully saturated rings. The van der Waals surface area contributed by atoms with Gasteiger partial charge >= 0.3 is 12.2 Å². The molecule has 1 saturated carbocycles. The number of fused-ring (bicyclic) bond motifs is 6. The van der Waals surface area contributed by atoms with Crippen molar-refractivity contribution in [3.63, 3.8) is 0 Å². The number of benzene rings is 4. The predicted octanol–water partition coefficient (Wildman–Crippen LogP) is 8.37. The number of carbonyl (C=O) groups excluding carboxylic acids is 4. The maximum Gasteiger partial charge on any atom is 0.407 e. The van der Waals surface area contributed by atoms with Crippen LogP contribution in [0.4, 0.5) is 9.59 Å². The monoisotopic (exact) mass is 876 g/mol. The van der Waals surface area contributed by atoms with Crippen LogP contribution in [-0.4, -0.2) is 86.6 Å². The molecule has 4 aromatic carbocycles. The number of methoxy groups -OCH3 is 2. The summed E-state index contributed by atoms with van der Waals surface area (Å²) in [6, 6.07) is 26.1. The molecule has 10 rings (SSSR count). The van der Waals surface area contributed by atoms with Crippen molar-refractivity contribution >= 4 is 35.0 Å². The fraction of sp³-hybridized carbons (Fsp3) is 0.360. The molecule has 15 nitrogen and oxygen atoms in total. The van der Waals surface area contributed by atoms with Gasteiger partial charge in [-0.25, -0.2) is 19.6 Å². The van der Waals surface area contributed by atoms with E-state index in [0.29, 0.717) is 24.5 Å². The van der Waals surface area contributed by atoms with E-state index in [9.17, 15) is 19.2 Å².